The molecule has 0 saturated heterocycles. The second-order valence-corrected chi connectivity index (χ2v) is 9.32. The first-order valence-corrected chi connectivity index (χ1v) is 11.3. The number of hydrogen-bond acceptors (Lipinski definition) is 6. The van der Waals surface area contributed by atoms with E-state index in [2.05, 4.69) is 20.3 Å². The summed E-state index contributed by atoms with van der Waals surface area (Å²) in [6, 6.07) is 12.3. The van der Waals surface area contributed by atoms with E-state index in [4.69, 9.17) is 11.6 Å². The molecule has 0 aliphatic rings. The fourth-order valence-electron chi connectivity index (χ4n) is 2.47. The molecule has 30 heavy (non-hydrogen) atoms. The summed E-state index contributed by atoms with van der Waals surface area (Å²) in [6.07, 6.45) is 0. The molecule has 0 saturated carbocycles. The molecular weight excluding hydrogens is 448 g/mol. The minimum Gasteiger partial charge on any atom is -0.326 e. The van der Waals surface area contributed by atoms with Gasteiger partial charge >= 0.3 is 0 Å². The number of carbonyl (C=O) groups excluding carboxylic acids is 2. The number of nitrogens with zero attached hydrogens (tertiary/aromatic N) is 1. The van der Waals surface area contributed by atoms with Crippen molar-refractivity contribution >= 4 is 61.3 Å². The van der Waals surface area contributed by atoms with Crippen LogP contribution in [0.5, 0.6) is 0 Å². The topological polar surface area (TPSA) is 117 Å². The Balaban J connectivity index is 1.73. The second kappa shape index (κ2) is 8.82. The van der Waals surface area contributed by atoms with E-state index in [0.29, 0.717) is 22.1 Å². The summed E-state index contributed by atoms with van der Waals surface area (Å²) in [5.41, 5.74) is 1.51. The highest BCUT2D eigenvalue weighted by molar-refractivity contribution is 7.93. The maximum absolute atomic E-state index is 12.6. The van der Waals surface area contributed by atoms with Crippen LogP contribution >= 0.6 is 22.9 Å². The van der Waals surface area contributed by atoms with E-state index in [-0.39, 0.29) is 20.8 Å². The summed E-state index contributed by atoms with van der Waals surface area (Å²) in [5, 5.41) is 5.85. The van der Waals surface area contributed by atoms with Gasteiger partial charge < -0.3 is 10.6 Å². The molecule has 2 aromatic carbocycles. The summed E-state index contributed by atoms with van der Waals surface area (Å²) in [6.45, 7) is 3.02. The van der Waals surface area contributed by atoms with Crippen molar-refractivity contribution in [2.24, 2.45) is 0 Å². The molecule has 0 spiro atoms. The van der Waals surface area contributed by atoms with Gasteiger partial charge in [0.05, 0.1) is 10.6 Å². The smallest absolute Gasteiger partial charge is 0.267 e. The molecule has 0 aliphatic carbocycles. The standard InChI is InChI=1S/C19H17ClN4O4S2/c1-11-17(18(26)23-15-7-5-14(6-8-15)22-12(2)25)29-19(21-11)24-30(27,28)16-9-3-13(20)4-10-16/h3-10H,1-2H3,(H,21,24)(H,22,25)(H,23,26). The molecule has 0 unspecified atom stereocenters. The quantitative estimate of drug-likeness (QED) is 0.507. The van der Waals surface area contributed by atoms with Crippen LogP contribution in [0.3, 0.4) is 0 Å². The summed E-state index contributed by atoms with van der Waals surface area (Å²) < 4.78 is 27.3. The van der Waals surface area contributed by atoms with Crippen molar-refractivity contribution in [1.82, 2.24) is 4.98 Å². The molecule has 1 aromatic heterocycles. The Hall–Kier alpha value is -2.95. The zero-order chi connectivity index (χ0) is 21.9. The lowest BCUT2D eigenvalue weighted by molar-refractivity contribution is -0.114. The molecule has 0 fully saturated rings. The Labute approximate surface area is 182 Å². The molecule has 8 nitrogen and oxygen atoms in total. The van der Waals surface area contributed by atoms with Crippen molar-refractivity contribution in [2.45, 2.75) is 18.7 Å². The Kier molecular flexibility index (Phi) is 6.40. The molecule has 0 aliphatic heterocycles. The first-order chi connectivity index (χ1) is 14.1. The van der Waals surface area contributed by atoms with Gasteiger partial charge in [0.1, 0.15) is 4.88 Å². The number of nitrogens with one attached hydrogen (secondary N) is 3. The van der Waals surface area contributed by atoms with Crippen LogP contribution in [0.1, 0.15) is 22.3 Å². The normalized spacial score (nSPS) is 11.0. The van der Waals surface area contributed by atoms with Crippen LogP contribution < -0.4 is 15.4 Å². The first-order valence-electron chi connectivity index (χ1n) is 8.59. The van der Waals surface area contributed by atoms with Gasteiger partial charge in [0.25, 0.3) is 15.9 Å². The number of aromatic nitrogens is 1. The number of hydrogen-bond donors (Lipinski definition) is 3. The van der Waals surface area contributed by atoms with E-state index in [1.54, 1.807) is 31.2 Å². The lowest BCUT2D eigenvalue weighted by Gasteiger charge is -2.06. The van der Waals surface area contributed by atoms with Gasteiger partial charge in [0, 0.05) is 23.3 Å². The van der Waals surface area contributed by atoms with Crippen molar-refractivity contribution in [2.75, 3.05) is 15.4 Å². The highest BCUT2D eigenvalue weighted by atomic mass is 35.5. The van der Waals surface area contributed by atoms with Gasteiger partial charge in [-0.15, -0.1) is 0 Å². The Morgan fingerprint density at radius 3 is 2.10 bits per heavy atom. The number of halogens is 1. The molecule has 0 bridgehead atoms. The van der Waals surface area contributed by atoms with Crippen LogP contribution in [0.15, 0.2) is 53.4 Å². The van der Waals surface area contributed by atoms with Crippen LogP contribution in [0.25, 0.3) is 0 Å². The molecule has 11 heteroatoms. The monoisotopic (exact) mass is 464 g/mol. The minimum atomic E-state index is -3.86. The Morgan fingerprint density at radius 2 is 1.53 bits per heavy atom. The van der Waals surface area contributed by atoms with Gasteiger partial charge in [0.15, 0.2) is 5.13 Å². The zero-order valence-electron chi connectivity index (χ0n) is 15.9. The van der Waals surface area contributed by atoms with Crippen molar-refractivity contribution in [1.29, 1.82) is 0 Å². The predicted octanol–water partition coefficient (Wildman–Crippen LogP) is 4.12. The number of thiazole rings is 1. The van der Waals surface area contributed by atoms with E-state index < -0.39 is 15.9 Å². The number of anilines is 3. The number of rotatable bonds is 6. The third kappa shape index (κ3) is 5.35. The average Bonchev–Trinajstić information content (AvgIpc) is 3.03. The molecular formula is C19H17ClN4O4S2. The minimum absolute atomic E-state index is 0.0324. The van der Waals surface area contributed by atoms with Gasteiger partial charge in [-0.2, -0.15) is 0 Å². The third-order valence-corrected chi connectivity index (χ3v) is 6.62. The molecule has 2 amide bonds. The second-order valence-electron chi connectivity index (χ2n) is 6.21. The maximum atomic E-state index is 12.6. The lowest BCUT2D eigenvalue weighted by Crippen LogP contribution is -2.12. The summed E-state index contributed by atoms with van der Waals surface area (Å²) >= 11 is 6.72. The molecule has 156 valence electrons. The highest BCUT2D eigenvalue weighted by Gasteiger charge is 2.20. The zero-order valence-corrected chi connectivity index (χ0v) is 18.3. The van der Waals surface area contributed by atoms with Crippen LogP contribution in [-0.4, -0.2) is 25.2 Å². The summed E-state index contributed by atoms with van der Waals surface area (Å²) in [7, 11) is -3.86. The van der Waals surface area contributed by atoms with Gasteiger partial charge in [-0.25, -0.2) is 13.4 Å². The third-order valence-electron chi connectivity index (χ3n) is 3.81. The van der Waals surface area contributed by atoms with Gasteiger partial charge in [-0.1, -0.05) is 22.9 Å². The summed E-state index contributed by atoms with van der Waals surface area (Å²) in [4.78, 5) is 28.1. The molecule has 3 N–H and O–H groups in total. The molecule has 0 atom stereocenters. The van der Waals surface area contributed by atoms with E-state index in [0.717, 1.165) is 11.3 Å². The largest absolute Gasteiger partial charge is 0.326 e. The number of amides is 2. The van der Waals surface area contributed by atoms with E-state index in [1.165, 1.54) is 31.2 Å². The average molecular weight is 465 g/mol. The molecule has 0 radical (unpaired) electrons. The molecule has 1 heterocycles. The molecule has 3 aromatic rings. The van der Waals surface area contributed by atoms with Crippen molar-refractivity contribution < 1.29 is 18.0 Å². The van der Waals surface area contributed by atoms with Gasteiger partial charge in [0.2, 0.25) is 5.91 Å². The Morgan fingerprint density at radius 1 is 0.967 bits per heavy atom. The fourth-order valence-corrected chi connectivity index (χ4v) is 4.69. The van der Waals surface area contributed by atoms with Crippen LogP contribution in [0.4, 0.5) is 16.5 Å². The summed E-state index contributed by atoms with van der Waals surface area (Å²) in [5.74, 6) is -0.616. The predicted molar refractivity (Wildman–Crippen MR) is 118 cm³/mol. The number of benzene rings is 2. The van der Waals surface area contributed by atoms with Crippen molar-refractivity contribution in [3.63, 3.8) is 0 Å². The fraction of sp³-hybridized carbons (Fsp3) is 0.105. The number of carbonyl (C=O) groups is 2. The molecule has 3 rings (SSSR count). The lowest BCUT2D eigenvalue weighted by atomic mass is 10.2. The number of sulfonamides is 1. The van der Waals surface area contributed by atoms with Crippen LogP contribution in [-0.2, 0) is 14.8 Å². The van der Waals surface area contributed by atoms with Crippen LogP contribution in [0.2, 0.25) is 5.02 Å². The van der Waals surface area contributed by atoms with Crippen molar-refractivity contribution in [3.8, 4) is 0 Å². The number of aryl methyl sites for hydroxylation is 1. The maximum Gasteiger partial charge on any atom is 0.267 e. The van der Waals surface area contributed by atoms with Gasteiger partial charge in [-0.05, 0) is 55.5 Å². The first kappa shape index (κ1) is 21.8. The van der Waals surface area contributed by atoms with Crippen molar-refractivity contribution in [3.05, 3.63) is 64.1 Å². The highest BCUT2D eigenvalue weighted by Crippen LogP contribution is 2.26. The van der Waals surface area contributed by atoms with Gasteiger partial charge in [-0.3, -0.25) is 14.3 Å². The van der Waals surface area contributed by atoms with E-state index in [9.17, 15) is 18.0 Å². The van der Waals surface area contributed by atoms with Crippen LogP contribution in [0, 0.1) is 6.92 Å². The van der Waals surface area contributed by atoms with E-state index in [1.807, 2.05) is 0 Å². The Bertz CT molecular complexity index is 1190. The van der Waals surface area contributed by atoms with E-state index >= 15 is 0 Å². The SMILES string of the molecule is CC(=O)Nc1ccc(NC(=O)c2sc(NS(=O)(=O)c3ccc(Cl)cc3)nc2C)cc1.